The van der Waals surface area contributed by atoms with Crippen LogP contribution in [0.15, 0.2) is 60.3 Å². The van der Waals surface area contributed by atoms with Crippen LogP contribution < -0.4 is 10.1 Å². The Morgan fingerprint density at radius 1 is 1.05 bits per heavy atom. The molecule has 0 aliphatic heterocycles. The predicted molar refractivity (Wildman–Crippen MR) is 80.9 cm³/mol. The number of hydrogen-bond donors (Lipinski definition) is 1. The third kappa shape index (κ3) is 4.28. The second-order valence-corrected chi connectivity index (χ2v) is 4.45. The average Bonchev–Trinajstić information content (AvgIpc) is 2.50. The molecule has 0 fully saturated rings. The van der Waals surface area contributed by atoms with Crippen LogP contribution in [-0.4, -0.2) is 0 Å². The number of benzene rings is 2. The normalized spacial score (nSPS) is 9.10. The van der Waals surface area contributed by atoms with Crippen molar-refractivity contribution < 1.29 is 4.74 Å². The number of rotatable bonds is 4. The zero-order chi connectivity index (χ0) is 15.1. The molecule has 2 aromatic carbocycles. The van der Waals surface area contributed by atoms with Crippen molar-refractivity contribution in [2.75, 3.05) is 5.32 Å². The van der Waals surface area contributed by atoms with E-state index in [0.29, 0.717) is 16.5 Å². The van der Waals surface area contributed by atoms with Crippen LogP contribution in [0.3, 0.4) is 0 Å². The van der Waals surface area contributed by atoms with Crippen LogP contribution in [-0.2, 0) is 0 Å². The molecule has 1 N–H and O–H groups in total. The fourth-order valence-corrected chi connectivity index (χ4v) is 1.71. The van der Waals surface area contributed by atoms with Gasteiger partial charge in [0.2, 0.25) is 0 Å². The number of nitrogens with zero attached hydrogens (tertiary/aromatic N) is 2. The second-order valence-electron chi connectivity index (χ2n) is 4.01. The zero-order valence-corrected chi connectivity index (χ0v) is 11.6. The van der Waals surface area contributed by atoms with Crippen molar-refractivity contribution in [2.24, 2.45) is 0 Å². The van der Waals surface area contributed by atoms with Crippen LogP contribution in [0.1, 0.15) is 0 Å². The molecule has 5 heteroatoms. The summed E-state index contributed by atoms with van der Waals surface area (Å²) in [5.74, 6) is 1.31. The Bertz CT molecular complexity index is 723. The van der Waals surface area contributed by atoms with Gasteiger partial charge >= 0.3 is 0 Å². The summed E-state index contributed by atoms with van der Waals surface area (Å²) >= 11 is 5.89. The van der Waals surface area contributed by atoms with E-state index in [9.17, 15) is 0 Å². The third-order valence-electron chi connectivity index (χ3n) is 2.51. The number of allylic oxidation sites excluding steroid dienone is 1. The Hall–Kier alpha value is -2.95. The highest BCUT2D eigenvalue weighted by Crippen LogP contribution is 2.25. The van der Waals surface area contributed by atoms with Gasteiger partial charge in [-0.2, -0.15) is 10.5 Å². The van der Waals surface area contributed by atoms with Gasteiger partial charge in [-0.3, -0.25) is 0 Å². The molecule has 0 heterocycles. The van der Waals surface area contributed by atoms with E-state index in [4.69, 9.17) is 26.9 Å². The van der Waals surface area contributed by atoms with E-state index < -0.39 is 0 Å². The maximum Gasteiger partial charge on any atom is 0.145 e. The standard InChI is InChI=1S/C16H10ClN3O/c17-13-2-1-3-16(8-13)21-15-6-4-14(5-7-15)20-11-12(9-18)10-19/h1-8,11,20H. The molecule has 21 heavy (non-hydrogen) atoms. The monoisotopic (exact) mass is 295 g/mol. The molecule has 0 aliphatic rings. The lowest BCUT2D eigenvalue weighted by Crippen LogP contribution is -1.90. The first kappa shape index (κ1) is 14.5. The van der Waals surface area contributed by atoms with Gasteiger partial charge in [0.25, 0.3) is 0 Å². The zero-order valence-electron chi connectivity index (χ0n) is 10.9. The van der Waals surface area contributed by atoms with Crippen LogP contribution in [0.2, 0.25) is 5.02 Å². The lowest BCUT2D eigenvalue weighted by Gasteiger charge is -2.07. The highest BCUT2D eigenvalue weighted by atomic mass is 35.5. The molecule has 0 saturated heterocycles. The van der Waals surface area contributed by atoms with Crippen molar-refractivity contribution in [1.82, 2.24) is 0 Å². The summed E-state index contributed by atoms with van der Waals surface area (Å²) in [5.41, 5.74) is 0.755. The largest absolute Gasteiger partial charge is 0.457 e. The van der Waals surface area contributed by atoms with E-state index in [2.05, 4.69) is 5.32 Å². The molecule has 0 aromatic heterocycles. The summed E-state index contributed by atoms with van der Waals surface area (Å²) in [7, 11) is 0. The summed E-state index contributed by atoms with van der Waals surface area (Å²) in [4.78, 5) is 0. The first-order valence-electron chi connectivity index (χ1n) is 6.01. The minimum absolute atomic E-state index is 0.00857. The number of halogens is 1. The number of nitriles is 2. The smallest absolute Gasteiger partial charge is 0.145 e. The second kappa shape index (κ2) is 7.00. The Balaban J connectivity index is 2.04. The molecule has 0 unspecified atom stereocenters. The average molecular weight is 296 g/mol. The molecule has 102 valence electrons. The van der Waals surface area contributed by atoms with Crippen LogP contribution in [0, 0.1) is 22.7 Å². The first-order chi connectivity index (χ1) is 10.2. The Labute approximate surface area is 127 Å². The van der Waals surface area contributed by atoms with Gasteiger partial charge in [-0.15, -0.1) is 0 Å². The fraction of sp³-hybridized carbons (Fsp3) is 0. The van der Waals surface area contributed by atoms with Crippen molar-refractivity contribution in [3.63, 3.8) is 0 Å². The van der Waals surface area contributed by atoms with Crippen molar-refractivity contribution in [1.29, 1.82) is 10.5 Å². The van der Waals surface area contributed by atoms with E-state index in [1.165, 1.54) is 6.20 Å². The van der Waals surface area contributed by atoms with E-state index in [0.717, 1.165) is 5.69 Å². The number of ether oxygens (including phenoxy) is 1. The van der Waals surface area contributed by atoms with Crippen molar-refractivity contribution in [2.45, 2.75) is 0 Å². The van der Waals surface area contributed by atoms with Gasteiger partial charge < -0.3 is 10.1 Å². The predicted octanol–water partition coefficient (Wildman–Crippen LogP) is 4.48. The molecule has 2 rings (SSSR count). The molecule has 0 atom stereocenters. The SMILES string of the molecule is N#CC(C#N)=CNc1ccc(Oc2cccc(Cl)c2)cc1. The molecular formula is C16H10ClN3O. The summed E-state index contributed by atoms with van der Waals surface area (Å²) < 4.78 is 5.65. The van der Waals surface area contributed by atoms with Crippen LogP contribution >= 0.6 is 11.6 Å². The fourth-order valence-electron chi connectivity index (χ4n) is 1.53. The quantitative estimate of drug-likeness (QED) is 0.845. The van der Waals surface area contributed by atoms with Gasteiger partial charge in [0.1, 0.15) is 29.2 Å². The minimum Gasteiger partial charge on any atom is -0.457 e. The molecule has 0 aliphatic carbocycles. The maximum atomic E-state index is 8.62. The molecule has 4 nitrogen and oxygen atoms in total. The summed E-state index contributed by atoms with van der Waals surface area (Å²) in [5, 5.41) is 20.7. The number of hydrogen-bond acceptors (Lipinski definition) is 4. The van der Waals surface area contributed by atoms with Gasteiger partial charge in [-0.1, -0.05) is 17.7 Å². The molecule has 0 radical (unpaired) electrons. The van der Waals surface area contributed by atoms with Crippen molar-refractivity contribution in [3.05, 3.63) is 65.3 Å². The van der Waals surface area contributed by atoms with Gasteiger partial charge in [0, 0.05) is 16.9 Å². The molecule has 0 bridgehead atoms. The van der Waals surface area contributed by atoms with Crippen LogP contribution in [0.25, 0.3) is 0 Å². The number of nitrogens with one attached hydrogen (secondary N) is 1. The summed E-state index contributed by atoms with van der Waals surface area (Å²) in [6.45, 7) is 0. The molecule has 0 amide bonds. The van der Waals surface area contributed by atoms with Gasteiger partial charge in [-0.05, 0) is 42.5 Å². The van der Waals surface area contributed by atoms with E-state index in [1.54, 1.807) is 48.5 Å². The first-order valence-corrected chi connectivity index (χ1v) is 6.39. The summed E-state index contributed by atoms with van der Waals surface area (Å²) in [6.07, 6.45) is 1.35. The topological polar surface area (TPSA) is 68.8 Å². The van der Waals surface area contributed by atoms with E-state index >= 15 is 0 Å². The molecular weight excluding hydrogens is 286 g/mol. The Morgan fingerprint density at radius 3 is 2.38 bits per heavy atom. The highest BCUT2D eigenvalue weighted by molar-refractivity contribution is 6.30. The third-order valence-corrected chi connectivity index (χ3v) is 2.75. The van der Waals surface area contributed by atoms with Crippen LogP contribution in [0.4, 0.5) is 5.69 Å². The Morgan fingerprint density at radius 2 is 1.76 bits per heavy atom. The lowest BCUT2D eigenvalue weighted by atomic mass is 10.3. The maximum absolute atomic E-state index is 8.62. The van der Waals surface area contributed by atoms with Gasteiger partial charge in [-0.25, -0.2) is 0 Å². The molecule has 2 aromatic rings. The van der Waals surface area contributed by atoms with Crippen LogP contribution in [0.5, 0.6) is 11.5 Å². The van der Waals surface area contributed by atoms with E-state index in [-0.39, 0.29) is 5.57 Å². The Kier molecular flexibility index (Phi) is 4.82. The molecule has 0 saturated carbocycles. The van der Waals surface area contributed by atoms with Gasteiger partial charge in [0.05, 0.1) is 0 Å². The lowest BCUT2D eigenvalue weighted by molar-refractivity contribution is 0.483. The number of anilines is 1. The van der Waals surface area contributed by atoms with Gasteiger partial charge in [0.15, 0.2) is 0 Å². The van der Waals surface area contributed by atoms with Crippen molar-refractivity contribution in [3.8, 4) is 23.6 Å². The minimum atomic E-state index is 0.00857. The molecule has 0 spiro atoms. The highest BCUT2D eigenvalue weighted by Gasteiger charge is 1.99. The van der Waals surface area contributed by atoms with Crippen molar-refractivity contribution >= 4 is 17.3 Å². The van der Waals surface area contributed by atoms with E-state index in [1.807, 2.05) is 12.1 Å². The summed E-state index contributed by atoms with van der Waals surface area (Å²) in [6, 6.07) is 17.8.